The third-order valence-corrected chi connectivity index (χ3v) is 3.40. The SMILES string of the molecule is CCCc1nc(-c2cnccc2C)c(N)s1. The Morgan fingerprint density at radius 1 is 1.44 bits per heavy atom. The Kier molecular flexibility index (Phi) is 3.19. The molecular weight excluding hydrogens is 218 g/mol. The second-order valence-corrected chi connectivity index (χ2v) is 4.88. The molecule has 0 aliphatic heterocycles. The highest BCUT2D eigenvalue weighted by atomic mass is 32.1. The van der Waals surface area contributed by atoms with Gasteiger partial charge in [-0.2, -0.15) is 0 Å². The van der Waals surface area contributed by atoms with Crippen LogP contribution in [0.5, 0.6) is 0 Å². The fourth-order valence-electron chi connectivity index (χ4n) is 1.60. The van der Waals surface area contributed by atoms with Gasteiger partial charge in [-0.3, -0.25) is 4.98 Å². The Bertz CT molecular complexity index is 491. The van der Waals surface area contributed by atoms with Crippen molar-refractivity contribution in [3.63, 3.8) is 0 Å². The van der Waals surface area contributed by atoms with E-state index in [2.05, 4.69) is 23.8 Å². The molecule has 0 aliphatic rings. The van der Waals surface area contributed by atoms with Gasteiger partial charge in [0, 0.05) is 18.0 Å². The van der Waals surface area contributed by atoms with Gasteiger partial charge in [-0.15, -0.1) is 11.3 Å². The summed E-state index contributed by atoms with van der Waals surface area (Å²) in [6, 6.07) is 1.98. The summed E-state index contributed by atoms with van der Waals surface area (Å²) < 4.78 is 0. The number of thiazole rings is 1. The fraction of sp³-hybridized carbons (Fsp3) is 0.333. The first-order valence-electron chi connectivity index (χ1n) is 5.38. The van der Waals surface area contributed by atoms with Gasteiger partial charge in [0.1, 0.15) is 10.7 Å². The van der Waals surface area contributed by atoms with Crippen LogP contribution in [-0.4, -0.2) is 9.97 Å². The largest absolute Gasteiger partial charge is 0.389 e. The highest BCUT2D eigenvalue weighted by Gasteiger charge is 2.11. The van der Waals surface area contributed by atoms with Crippen LogP contribution in [-0.2, 0) is 6.42 Å². The lowest BCUT2D eigenvalue weighted by Gasteiger charge is -2.01. The van der Waals surface area contributed by atoms with Crippen LogP contribution < -0.4 is 5.73 Å². The number of nitrogens with two attached hydrogens (primary N) is 1. The van der Waals surface area contributed by atoms with Crippen molar-refractivity contribution in [1.29, 1.82) is 0 Å². The number of aromatic nitrogens is 2. The van der Waals surface area contributed by atoms with E-state index < -0.39 is 0 Å². The summed E-state index contributed by atoms with van der Waals surface area (Å²) in [5.74, 6) is 0. The molecule has 0 spiro atoms. The highest BCUT2D eigenvalue weighted by Crippen LogP contribution is 2.32. The maximum Gasteiger partial charge on any atom is 0.114 e. The monoisotopic (exact) mass is 233 g/mol. The summed E-state index contributed by atoms with van der Waals surface area (Å²) in [4.78, 5) is 8.71. The second-order valence-electron chi connectivity index (χ2n) is 3.76. The summed E-state index contributed by atoms with van der Waals surface area (Å²) >= 11 is 1.58. The molecule has 2 N–H and O–H groups in total. The Balaban J connectivity index is 2.44. The van der Waals surface area contributed by atoms with Crippen LogP contribution in [0.1, 0.15) is 23.9 Å². The minimum Gasteiger partial charge on any atom is -0.389 e. The van der Waals surface area contributed by atoms with Gasteiger partial charge in [-0.1, -0.05) is 6.92 Å². The highest BCUT2D eigenvalue weighted by molar-refractivity contribution is 7.16. The first-order chi connectivity index (χ1) is 7.72. The molecule has 4 heteroatoms. The number of nitrogen functional groups attached to an aromatic ring is 1. The number of anilines is 1. The minimum absolute atomic E-state index is 0.791. The summed E-state index contributed by atoms with van der Waals surface area (Å²) in [7, 11) is 0. The lowest BCUT2D eigenvalue weighted by molar-refractivity contribution is 0.910. The quantitative estimate of drug-likeness (QED) is 0.886. The minimum atomic E-state index is 0.791. The second kappa shape index (κ2) is 4.61. The average molecular weight is 233 g/mol. The third-order valence-electron chi connectivity index (χ3n) is 2.46. The topological polar surface area (TPSA) is 51.8 Å². The van der Waals surface area contributed by atoms with Gasteiger partial charge < -0.3 is 5.73 Å². The molecule has 2 aromatic heterocycles. The Hall–Kier alpha value is -1.42. The van der Waals surface area contributed by atoms with Gasteiger partial charge >= 0.3 is 0 Å². The molecule has 0 atom stereocenters. The van der Waals surface area contributed by atoms with Crippen molar-refractivity contribution in [2.45, 2.75) is 26.7 Å². The van der Waals surface area contributed by atoms with E-state index in [-0.39, 0.29) is 0 Å². The number of nitrogens with zero attached hydrogens (tertiary/aromatic N) is 2. The van der Waals surface area contributed by atoms with E-state index in [1.807, 2.05) is 12.3 Å². The van der Waals surface area contributed by atoms with Crippen LogP contribution in [0.25, 0.3) is 11.3 Å². The number of pyridine rings is 1. The maximum atomic E-state index is 6.00. The van der Waals surface area contributed by atoms with Crippen LogP contribution in [0.3, 0.4) is 0 Å². The number of hydrogen-bond donors (Lipinski definition) is 1. The van der Waals surface area contributed by atoms with Crippen molar-refractivity contribution < 1.29 is 0 Å². The van der Waals surface area contributed by atoms with E-state index in [0.29, 0.717) is 0 Å². The molecule has 2 heterocycles. The lowest BCUT2D eigenvalue weighted by atomic mass is 10.1. The van der Waals surface area contributed by atoms with E-state index in [1.54, 1.807) is 17.5 Å². The summed E-state index contributed by atoms with van der Waals surface area (Å²) in [6.45, 7) is 4.20. The zero-order valence-corrected chi connectivity index (χ0v) is 10.3. The van der Waals surface area contributed by atoms with Gasteiger partial charge in [0.2, 0.25) is 0 Å². The molecular formula is C12H15N3S. The third kappa shape index (κ3) is 2.07. The molecule has 2 rings (SSSR count). The molecule has 0 fully saturated rings. The molecule has 16 heavy (non-hydrogen) atoms. The van der Waals surface area contributed by atoms with Gasteiger partial charge in [0.25, 0.3) is 0 Å². The molecule has 2 aromatic rings. The smallest absolute Gasteiger partial charge is 0.114 e. The predicted octanol–water partition coefficient (Wildman–Crippen LogP) is 3.05. The predicted molar refractivity (Wildman–Crippen MR) is 68.5 cm³/mol. The zero-order valence-electron chi connectivity index (χ0n) is 9.53. The summed E-state index contributed by atoms with van der Waals surface area (Å²) in [5.41, 5.74) is 9.09. The van der Waals surface area contributed by atoms with Crippen LogP contribution in [0, 0.1) is 6.92 Å². The molecule has 0 bridgehead atoms. The van der Waals surface area contributed by atoms with Crippen LogP contribution in [0.2, 0.25) is 0 Å². The van der Waals surface area contributed by atoms with Crippen molar-refractivity contribution in [1.82, 2.24) is 9.97 Å². The van der Waals surface area contributed by atoms with Crippen molar-refractivity contribution in [2.75, 3.05) is 5.73 Å². The van der Waals surface area contributed by atoms with E-state index in [9.17, 15) is 0 Å². The maximum absolute atomic E-state index is 6.00. The van der Waals surface area contributed by atoms with Gasteiger partial charge in [0.05, 0.1) is 5.01 Å². The van der Waals surface area contributed by atoms with Crippen molar-refractivity contribution >= 4 is 16.3 Å². The van der Waals surface area contributed by atoms with Crippen molar-refractivity contribution in [2.24, 2.45) is 0 Å². The number of hydrogen-bond acceptors (Lipinski definition) is 4. The molecule has 0 aliphatic carbocycles. The number of rotatable bonds is 3. The molecule has 0 saturated carbocycles. The Morgan fingerprint density at radius 2 is 2.25 bits per heavy atom. The Morgan fingerprint density at radius 3 is 2.94 bits per heavy atom. The average Bonchev–Trinajstić information content (AvgIpc) is 2.61. The lowest BCUT2D eigenvalue weighted by Crippen LogP contribution is -1.90. The van der Waals surface area contributed by atoms with E-state index in [4.69, 9.17) is 5.73 Å². The standard InChI is InChI=1S/C12H15N3S/c1-3-4-10-15-11(12(13)16-10)9-7-14-6-5-8(9)2/h5-7H,3-4,13H2,1-2H3. The molecule has 0 amide bonds. The zero-order chi connectivity index (χ0) is 11.5. The van der Waals surface area contributed by atoms with Crippen LogP contribution in [0.4, 0.5) is 5.00 Å². The fourth-order valence-corrected chi connectivity index (χ4v) is 2.55. The molecule has 0 saturated heterocycles. The first kappa shape index (κ1) is 11.1. The molecule has 0 unspecified atom stereocenters. The molecule has 3 nitrogen and oxygen atoms in total. The summed E-state index contributed by atoms with van der Waals surface area (Å²) in [5, 5.41) is 1.90. The molecule has 0 radical (unpaired) electrons. The molecule has 84 valence electrons. The first-order valence-corrected chi connectivity index (χ1v) is 6.20. The van der Waals surface area contributed by atoms with Gasteiger partial charge in [-0.05, 0) is 31.4 Å². The Labute approximate surface area is 99.4 Å². The van der Waals surface area contributed by atoms with Gasteiger partial charge in [0.15, 0.2) is 0 Å². The van der Waals surface area contributed by atoms with E-state index >= 15 is 0 Å². The van der Waals surface area contributed by atoms with Gasteiger partial charge in [-0.25, -0.2) is 4.98 Å². The van der Waals surface area contributed by atoms with E-state index in [0.717, 1.165) is 39.7 Å². The van der Waals surface area contributed by atoms with Crippen molar-refractivity contribution in [3.8, 4) is 11.3 Å². The summed E-state index contributed by atoms with van der Waals surface area (Å²) in [6.07, 6.45) is 5.71. The van der Waals surface area contributed by atoms with Crippen molar-refractivity contribution in [3.05, 3.63) is 29.0 Å². The van der Waals surface area contributed by atoms with Crippen LogP contribution in [0.15, 0.2) is 18.5 Å². The van der Waals surface area contributed by atoms with Crippen LogP contribution >= 0.6 is 11.3 Å². The number of aryl methyl sites for hydroxylation is 2. The normalized spacial score (nSPS) is 10.6. The van der Waals surface area contributed by atoms with E-state index in [1.165, 1.54) is 0 Å². The molecule has 0 aromatic carbocycles.